The van der Waals surface area contributed by atoms with E-state index in [4.69, 9.17) is 58.0 Å². The van der Waals surface area contributed by atoms with Gasteiger partial charge in [-0.15, -0.1) is 23.2 Å². The highest BCUT2D eigenvalue weighted by Crippen LogP contribution is 2.65. The maximum absolute atomic E-state index is 14.9. The summed E-state index contributed by atoms with van der Waals surface area (Å²) in [4.78, 5) is 37.7. The molecule has 1 aliphatic rings. The van der Waals surface area contributed by atoms with Crippen LogP contribution in [0.3, 0.4) is 0 Å². The number of carbonyl (C=O) groups is 3. The van der Waals surface area contributed by atoms with Gasteiger partial charge in [0.2, 0.25) is 5.91 Å². The summed E-state index contributed by atoms with van der Waals surface area (Å²) in [5.41, 5.74) is 0.778. The molecule has 1 N–H and O–H groups in total. The molecule has 0 spiro atoms. The van der Waals surface area contributed by atoms with Crippen LogP contribution in [-0.4, -0.2) is 21.8 Å². The second-order valence-corrected chi connectivity index (χ2v) is 12.1. The number of hydrogen-bond donors (Lipinski definition) is 1. The number of amides is 1. The minimum Gasteiger partial charge on any atom is -0.326 e. The highest BCUT2D eigenvalue weighted by Gasteiger charge is 2.67. The van der Waals surface area contributed by atoms with Crippen molar-refractivity contribution >= 4 is 81.2 Å². The predicted octanol–water partition coefficient (Wildman–Crippen LogP) is 8.32. The molecule has 0 heterocycles. The summed E-state index contributed by atoms with van der Waals surface area (Å²) in [6.07, 6.45) is -0.879. The van der Waals surface area contributed by atoms with Crippen molar-refractivity contribution in [2.45, 2.75) is 36.9 Å². The Balaban J connectivity index is 1.57. The maximum Gasteiger partial charge on any atom is 0.231 e. The van der Waals surface area contributed by atoms with Gasteiger partial charge in [-0.2, -0.15) is 0 Å². The molecule has 0 saturated heterocycles. The van der Waals surface area contributed by atoms with E-state index in [1.54, 1.807) is 31.2 Å². The topological polar surface area (TPSA) is 63.2 Å². The Morgan fingerprint density at radius 3 is 2.28 bits per heavy atom. The van der Waals surface area contributed by atoms with E-state index in [1.807, 2.05) is 0 Å². The SMILES string of the molecule is CC(=O)Cc1ccc(F)c(CC(=O)c2cc(NC(=O)[C@H]3[C@H](c4ccc(Cl)c(Cl)c4)C3(Cl)Cl)cc(C)c2Cl)c1F. The van der Waals surface area contributed by atoms with Gasteiger partial charge in [-0.1, -0.05) is 46.9 Å². The van der Waals surface area contributed by atoms with Crippen LogP contribution >= 0.6 is 58.0 Å². The van der Waals surface area contributed by atoms with E-state index < -0.39 is 51.5 Å². The molecule has 39 heavy (non-hydrogen) atoms. The smallest absolute Gasteiger partial charge is 0.231 e. The first-order valence-electron chi connectivity index (χ1n) is 11.6. The van der Waals surface area contributed by atoms with Crippen LogP contribution in [0, 0.1) is 24.5 Å². The number of halogens is 7. The zero-order valence-electron chi connectivity index (χ0n) is 20.5. The van der Waals surface area contributed by atoms with Crippen molar-refractivity contribution in [1.29, 1.82) is 0 Å². The van der Waals surface area contributed by atoms with Crippen LogP contribution in [0.25, 0.3) is 0 Å². The lowest BCUT2D eigenvalue weighted by molar-refractivity contribution is -0.117. The van der Waals surface area contributed by atoms with Crippen LogP contribution < -0.4 is 5.32 Å². The Labute approximate surface area is 248 Å². The van der Waals surface area contributed by atoms with Gasteiger partial charge in [0.25, 0.3) is 0 Å². The van der Waals surface area contributed by atoms with E-state index in [9.17, 15) is 23.2 Å². The third kappa shape index (κ3) is 6.10. The van der Waals surface area contributed by atoms with Gasteiger partial charge in [-0.25, -0.2) is 8.78 Å². The number of hydrogen-bond acceptors (Lipinski definition) is 3. The molecule has 1 aliphatic carbocycles. The average Bonchev–Trinajstić information content (AvgIpc) is 3.44. The van der Waals surface area contributed by atoms with Gasteiger partial charge < -0.3 is 5.32 Å². The Bertz CT molecular complexity index is 1530. The molecular formula is C28H20Cl5F2NO3. The number of nitrogens with one attached hydrogen (secondary N) is 1. The summed E-state index contributed by atoms with van der Waals surface area (Å²) in [6, 6.07) is 9.91. The highest BCUT2D eigenvalue weighted by atomic mass is 35.5. The molecule has 1 amide bonds. The summed E-state index contributed by atoms with van der Waals surface area (Å²) in [5, 5.41) is 3.41. The van der Waals surface area contributed by atoms with Gasteiger partial charge in [-0.05, 0) is 60.9 Å². The highest BCUT2D eigenvalue weighted by molar-refractivity contribution is 6.53. The molecular weight excluding hydrogens is 614 g/mol. The Morgan fingerprint density at radius 1 is 0.949 bits per heavy atom. The molecule has 0 radical (unpaired) electrons. The Kier molecular flexibility index (Phi) is 8.65. The molecule has 0 aliphatic heterocycles. The van der Waals surface area contributed by atoms with Crippen molar-refractivity contribution < 1.29 is 23.2 Å². The summed E-state index contributed by atoms with van der Waals surface area (Å²) >= 11 is 31.3. The monoisotopic (exact) mass is 631 g/mol. The number of alkyl halides is 2. The molecule has 0 aromatic heterocycles. The van der Waals surface area contributed by atoms with Crippen LogP contribution in [0.1, 0.15) is 45.5 Å². The van der Waals surface area contributed by atoms with Crippen molar-refractivity contribution in [3.63, 3.8) is 0 Å². The fourth-order valence-electron chi connectivity index (χ4n) is 4.51. The summed E-state index contributed by atoms with van der Waals surface area (Å²) < 4.78 is 28.0. The molecule has 1 fully saturated rings. The molecule has 0 bridgehead atoms. The Hall–Kier alpha value is -2.22. The van der Waals surface area contributed by atoms with E-state index in [0.29, 0.717) is 21.2 Å². The van der Waals surface area contributed by atoms with Crippen molar-refractivity contribution in [3.05, 3.63) is 97.0 Å². The van der Waals surface area contributed by atoms with Gasteiger partial charge >= 0.3 is 0 Å². The lowest BCUT2D eigenvalue weighted by atomic mass is 9.97. The number of aryl methyl sites for hydroxylation is 1. The number of ketones is 2. The Morgan fingerprint density at radius 2 is 1.64 bits per heavy atom. The molecule has 3 aromatic carbocycles. The molecule has 4 rings (SSSR count). The molecule has 2 atom stereocenters. The van der Waals surface area contributed by atoms with Gasteiger partial charge in [-0.3, -0.25) is 14.4 Å². The van der Waals surface area contributed by atoms with E-state index in [0.717, 1.165) is 6.07 Å². The predicted molar refractivity (Wildman–Crippen MR) is 151 cm³/mol. The van der Waals surface area contributed by atoms with Gasteiger partial charge in [0, 0.05) is 35.6 Å². The molecule has 3 aromatic rings. The van der Waals surface area contributed by atoms with Crippen molar-refractivity contribution in [2.75, 3.05) is 5.32 Å². The minimum absolute atomic E-state index is 0.0124. The fourth-order valence-corrected chi connectivity index (χ4v) is 5.86. The minimum atomic E-state index is -1.40. The first kappa shape index (κ1) is 29.8. The summed E-state index contributed by atoms with van der Waals surface area (Å²) in [5.74, 6) is -4.77. The molecule has 204 valence electrons. The lowest BCUT2D eigenvalue weighted by Crippen LogP contribution is -2.18. The van der Waals surface area contributed by atoms with Crippen LogP contribution in [0.15, 0.2) is 42.5 Å². The zero-order chi connectivity index (χ0) is 28.8. The second kappa shape index (κ2) is 11.3. The maximum atomic E-state index is 14.9. The second-order valence-electron chi connectivity index (χ2n) is 9.43. The fraction of sp³-hybridized carbons (Fsp3) is 0.250. The van der Waals surface area contributed by atoms with E-state index in [-0.39, 0.29) is 34.0 Å². The molecule has 1 saturated carbocycles. The molecule has 11 heteroatoms. The standard InChI is InChI=1S/C28H20Cl5F2NO3/c1-12-7-16(36-27(39)24-23(28(24,32)33)14-3-5-19(29)20(30)9-14)10-18(25(12)31)22(38)11-17-21(34)6-4-15(26(17)35)8-13(2)37/h3-7,9-10,23-24H,8,11H2,1-2H3,(H,36,39)/t23-,24+/m0/s1. The quantitative estimate of drug-likeness (QED) is 0.201. The van der Waals surface area contributed by atoms with E-state index in [1.165, 1.54) is 19.1 Å². The number of anilines is 1. The van der Waals surface area contributed by atoms with E-state index >= 15 is 0 Å². The van der Waals surface area contributed by atoms with Crippen molar-refractivity contribution in [2.24, 2.45) is 5.92 Å². The summed E-state index contributed by atoms with van der Waals surface area (Å²) in [7, 11) is 0. The van der Waals surface area contributed by atoms with Crippen molar-refractivity contribution in [3.8, 4) is 0 Å². The molecule has 0 unspecified atom stereocenters. The number of carbonyl (C=O) groups excluding carboxylic acids is 3. The lowest BCUT2D eigenvalue weighted by Gasteiger charge is -2.13. The first-order valence-corrected chi connectivity index (χ1v) is 13.5. The third-order valence-corrected chi connectivity index (χ3v) is 8.69. The van der Waals surface area contributed by atoms with Gasteiger partial charge in [0.15, 0.2) is 5.78 Å². The van der Waals surface area contributed by atoms with Crippen LogP contribution in [0.5, 0.6) is 0 Å². The molecule has 4 nitrogen and oxygen atoms in total. The van der Waals surface area contributed by atoms with Crippen LogP contribution in [0.2, 0.25) is 15.1 Å². The summed E-state index contributed by atoms with van der Waals surface area (Å²) in [6.45, 7) is 2.90. The van der Waals surface area contributed by atoms with Crippen molar-refractivity contribution in [1.82, 2.24) is 0 Å². The van der Waals surface area contributed by atoms with Crippen LogP contribution in [-0.2, 0) is 22.4 Å². The van der Waals surface area contributed by atoms with E-state index in [2.05, 4.69) is 5.32 Å². The largest absolute Gasteiger partial charge is 0.326 e. The number of benzene rings is 3. The first-order chi connectivity index (χ1) is 18.2. The van der Waals surface area contributed by atoms with Crippen LogP contribution in [0.4, 0.5) is 14.5 Å². The zero-order valence-corrected chi connectivity index (χ0v) is 24.3. The van der Waals surface area contributed by atoms with Gasteiger partial charge in [0.05, 0.1) is 21.0 Å². The normalized spacial score (nSPS) is 17.6. The number of Topliss-reactive ketones (excluding diaryl/α,β-unsaturated/α-hetero) is 2. The average molecular weight is 634 g/mol. The van der Waals surface area contributed by atoms with Gasteiger partial charge in [0.1, 0.15) is 21.8 Å². The number of rotatable bonds is 8. The third-order valence-electron chi connectivity index (χ3n) is 6.50.